The fourth-order valence-electron chi connectivity index (χ4n) is 1.75. The van der Waals surface area contributed by atoms with Crippen LogP contribution in [0.5, 0.6) is 5.75 Å². The Labute approximate surface area is 179 Å². The minimum atomic E-state index is -0.353. The number of rotatable bonds is 6. The molecule has 0 bridgehead atoms. The van der Waals surface area contributed by atoms with Crippen molar-refractivity contribution in [2.45, 2.75) is 4.90 Å². The van der Waals surface area contributed by atoms with Crippen LogP contribution in [0.1, 0.15) is 5.56 Å². The van der Waals surface area contributed by atoms with E-state index >= 15 is 0 Å². The predicted molar refractivity (Wildman–Crippen MR) is 111 cm³/mol. The number of benzene rings is 2. The Morgan fingerprint density at radius 3 is 2.12 bits per heavy atom. The summed E-state index contributed by atoms with van der Waals surface area (Å²) in [5.74, 6) is 0.388. The third-order valence-corrected chi connectivity index (χ3v) is 6.64. The number of carbonyl (C=O) groups excluding carboxylic acids is 1. The van der Waals surface area contributed by atoms with Gasteiger partial charge in [-0.1, -0.05) is 58.0 Å². The van der Waals surface area contributed by atoms with Crippen LogP contribution in [0.25, 0.3) is 0 Å². The van der Waals surface area contributed by atoms with Gasteiger partial charge >= 0.3 is 0 Å². The molecule has 138 valence electrons. The minimum Gasteiger partial charge on any atom is -0.497 e. The Morgan fingerprint density at radius 1 is 1.04 bits per heavy atom. The molecule has 0 heterocycles. The zero-order chi connectivity index (χ0) is 19.3. The molecule has 0 aromatic heterocycles. The summed E-state index contributed by atoms with van der Waals surface area (Å²) in [4.78, 5) is 12.3. The van der Waals surface area contributed by atoms with E-state index in [0.29, 0.717) is 4.90 Å². The summed E-state index contributed by atoms with van der Waals surface area (Å²) in [6.07, 6.45) is 1.51. The summed E-state index contributed by atoms with van der Waals surface area (Å²) in [6.45, 7) is 0. The lowest BCUT2D eigenvalue weighted by molar-refractivity contribution is -0.118. The first kappa shape index (κ1) is 21.5. The van der Waals surface area contributed by atoms with Gasteiger partial charge in [0.25, 0.3) is 0 Å². The summed E-state index contributed by atoms with van der Waals surface area (Å²) in [6, 6.07) is 7.19. The van der Waals surface area contributed by atoms with Gasteiger partial charge in [-0.25, -0.2) is 5.43 Å². The fourth-order valence-corrected chi connectivity index (χ4v) is 4.13. The number of hydrogen-bond acceptors (Lipinski definition) is 4. The van der Waals surface area contributed by atoms with Crippen LogP contribution >= 0.6 is 69.8 Å². The molecule has 26 heavy (non-hydrogen) atoms. The monoisotopic (exact) mass is 470 g/mol. The molecule has 1 amide bonds. The van der Waals surface area contributed by atoms with Crippen LogP contribution in [0.2, 0.25) is 25.1 Å². The van der Waals surface area contributed by atoms with Gasteiger partial charge in [-0.3, -0.25) is 4.79 Å². The number of nitrogens with one attached hydrogen (secondary N) is 1. The van der Waals surface area contributed by atoms with Crippen molar-refractivity contribution in [3.63, 3.8) is 0 Å². The molecule has 0 aliphatic heterocycles. The quantitative estimate of drug-likeness (QED) is 0.179. The molecule has 0 saturated carbocycles. The fraction of sp³-hybridized carbons (Fsp3) is 0.125. The number of amides is 1. The molecule has 0 unspecified atom stereocenters. The van der Waals surface area contributed by atoms with Gasteiger partial charge in [-0.05, 0) is 29.8 Å². The van der Waals surface area contributed by atoms with Gasteiger partial charge in [-0.2, -0.15) is 5.10 Å². The number of halogens is 5. The second-order valence-corrected chi connectivity index (χ2v) is 7.63. The summed E-state index contributed by atoms with van der Waals surface area (Å²) in [5.41, 5.74) is 3.22. The normalized spacial score (nSPS) is 11.0. The standard InChI is InChI=1S/C16H11Cl5N2O2S/c1-25-9-4-2-8(3-5-9)6-22-23-10(24)7-26-16-14(20)12(18)11(17)13(19)15(16)21/h2-6H,7H2,1H3,(H,23,24). The molecule has 0 spiro atoms. The largest absolute Gasteiger partial charge is 0.497 e. The van der Waals surface area contributed by atoms with Crippen LogP contribution in [0.4, 0.5) is 0 Å². The van der Waals surface area contributed by atoms with Crippen LogP contribution in [0.15, 0.2) is 34.3 Å². The van der Waals surface area contributed by atoms with Crippen molar-refractivity contribution < 1.29 is 9.53 Å². The molecule has 0 fully saturated rings. The van der Waals surface area contributed by atoms with Gasteiger partial charge in [0.15, 0.2) is 0 Å². The number of hydrazone groups is 1. The van der Waals surface area contributed by atoms with E-state index in [-0.39, 0.29) is 36.8 Å². The molecule has 10 heteroatoms. The lowest BCUT2D eigenvalue weighted by Gasteiger charge is -2.11. The first-order valence-electron chi connectivity index (χ1n) is 6.95. The third kappa shape index (κ3) is 5.35. The van der Waals surface area contributed by atoms with E-state index in [1.54, 1.807) is 31.4 Å². The first-order chi connectivity index (χ1) is 12.3. The van der Waals surface area contributed by atoms with Gasteiger partial charge in [0.1, 0.15) is 5.75 Å². The van der Waals surface area contributed by atoms with Gasteiger partial charge in [0.05, 0.1) is 44.2 Å². The summed E-state index contributed by atoms with van der Waals surface area (Å²) in [7, 11) is 1.58. The van der Waals surface area contributed by atoms with E-state index in [9.17, 15) is 4.79 Å². The highest BCUT2D eigenvalue weighted by atomic mass is 35.5. The smallest absolute Gasteiger partial charge is 0.250 e. The molecule has 4 nitrogen and oxygen atoms in total. The lowest BCUT2D eigenvalue weighted by Crippen LogP contribution is -2.19. The van der Waals surface area contributed by atoms with Gasteiger partial charge in [0.2, 0.25) is 5.91 Å². The Bertz CT molecular complexity index is 815. The van der Waals surface area contributed by atoms with Crippen molar-refractivity contribution in [3.8, 4) is 5.75 Å². The molecule has 0 radical (unpaired) electrons. The molecular formula is C16H11Cl5N2O2S. The summed E-state index contributed by atoms with van der Waals surface area (Å²) in [5, 5.41) is 4.42. The number of methoxy groups -OCH3 is 1. The van der Waals surface area contributed by atoms with Crippen LogP contribution in [0.3, 0.4) is 0 Å². The summed E-state index contributed by atoms with van der Waals surface area (Å²) < 4.78 is 5.06. The number of ether oxygens (including phenoxy) is 1. The van der Waals surface area contributed by atoms with Gasteiger partial charge < -0.3 is 4.74 Å². The Morgan fingerprint density at radius 2 is 1.58 bits per heavy atom. The van der Waals surface area contributed by atoms with Crippen molar-refractivity contribution in [1.82, 2.24) is 5.43 Å². The van der Waals surface area contributed by atoms with Crippen molar-refractivity contribution in [2.24, 2.45) is 5.10 Å². The Kier molecular flexibility index (Phi) is 8.20. The van der Waals surface area contributed by atoms with E-state index < -0.39 is 0 Å². The summed E-state index contributed by atoms with van der Waals surface area (Å²) >= 11 is 31.2. The van der Waals surface area contributed by atoms with Crippen molar-refractivity contribution >= 4 is 81.9 Å². The topological polar surface area (TPSA) is 50.7 Å². The van der Waals surface area contributed by atoms with E-state index in [1.165, 1.54) is 6.21 Å². The van der Waals surface area contributed by atoms with Gasteiger partial charge in [-0.15, -0.1) is 11.8 Å². The number of nitrogens with zero attached hydrogens (tertiary/aromatic N) is 1. The Hall–Kier alpha value is -0.820. The highest BCUT2D eigenvalue weighted by Crippen LogP contribution is 2.47. The van der Waals surface area contributed by atoms with E-state index in [0.717, 1.165) is 23.1 Å². The van der Waals surface area contributed by atoms with E-state index in [4.69, 9.17) is 62.7 Å². The highest BCUT2D eigenvalue weighted by Gasteiger charge is 2.20. The van der Waals surface area contributed by atoms with Gasteiger partial charge in [0, 0.05) is 4.90 Å². The van der Waals surface area contributed by atoms with E-state index in [2.05, 4.69) is 10.5 Å². The molecule has 2 rings (SSSR count). The molecule has 1 N–H and O–H groups in total. The maximum Gasteiger partial charge on any atom is 0.250 e. The molecule has 0 aliphatic rings. The van der Waals surface area contributed by atoms with Crippen molar-refractivity contribution in [3.05, 3.63) is 54.9 Å². The highest BCUT2D eigenvalue weighted by molar-refractivity contribution is 8.00. The van der Waals surface area contributed by atoms with E-state index in [1.807, 2.05) is 0 Å². The minimum absolute atomic E-state index is 0.00762. The van der Waals surface area contributed by atoms with Crippen molar-refractivity contribution in [1.29, 1.82) is 0 Å². The third-order valence-electron chi connectivity index (χ3n) is 3.04. The zero-order valence-electron chi connectivity index (χ0n) is 13.2. The second-order valence-electron chi connectivity index (χ2n) is 4.75. The molecule has 0 aliphatic carbocycles. The van der Waals surface area contributed by atoms with Crippen LogP contribution in [-0.4, -0.2) is 25.0 Å². The maximum absolute atomic E-state index is 11.9. The van der Waals surface area contributed by atoms with Crippen molar-refractivity contribution in [2.75, 3.05) is 12.9 Å². The number of thioether (sulfide) groups is 1. The van der Waals surface area contributed by atoms with Crippen LogP contribution in [0, 0.1) is 0 Å². The number of hydrogen-bond donors (Lipinski definition) is 1. The maximum atomic E-state index is 11.9. The van der Waals surface area contributed by atoms with Crippen LogP contribution in [-0.2, 0) is 4.79 Å². The predicted octanol–water partition coefficient (Wildman–Crippen LogP) is 6.20. The molecule has 0 atom stereocenters. The average molecular weight is 473 g/mol. The molecule has 2 aromatic rings. The second kappa shape index (κ2) is 9.93. The SMILES string of the molecule is COc1ccc(C=NNC(=O)CSc2c(Cl)c(Cl)c(Cl)c(Cl)c2Cl)cc1. The Balaban J connectivity index is 1.96. The first-order valence-corrected chi connectivity index (χ1v) is 9.83. The zero-order valence-corrected chi connectivity index (χ0v) is 17.8. The molecular weight excluding hydrogens is 462 g/mol. The average Bonchev–Trinajstić information content (AvgIpc) is 2.65. The molecule has 2 aromatic carbocycles. The van der Waals surface area contributed by atoms with Crippen LogP contribution < -0.4 is 10.2 Å². The lowest BCUT2D eigenvalue weighted by atomic mass is 10.2. The molecule has 0 saturated heterocycles. The number of carbonyl (C=O) groups is 1.